The van der Waals surface area contributed by atoms with Crippen LogP contribution in [-0.4, -0.2) is 23.1 Å². The molecule has 0 saturated heterocycles. The SMILES string of the molecule is C/C=C\C(=C/NN(CCC)CCC)c1cc(-c2ccnc(C(C)C)c2)ccc1Cl. The zero-order valence-corrected chi connectivity index (χ0v) is 19.1. The van der Waals surface area contributed by atoms with Crippen LogP contribution in [0.1, 0.15) is 64.6 Å². The van der Waals surface area contributed by atoms with E-state index in [-0.39, 0.29) is 0 Å². The Morgan fingerprint density at radius 2 is 1.79 bits per heavy atom. The summed E-state index contributed by atoms with van der Waals surface area (Å²) in [4.78, 5) is 4.49. The van der Waals surface area contributed by atoms with Crippen LogP contribution in [0.15, 0.2) is 54.9 Å². The number of benzene rings is 1. The monoisotopic (exact) mass is 411 g/mol. The summed E-state index contributed by atoms with van der Waals surface area (Å²) in [6, 6.07) is 10.4. The Labute approximate surface area is 181 Å². The van der Waals surface area contributed by atoms with E-state index in [1.807, 2.05) is 25.3 Å². The van der Waals surface area contributed by atoms with Crippen LogP contribution in [0.5, 0.6) is 0 Å². The summed E-state index contributed by atoms with van der Waals surface area (Å²) >= 11 is 6.61. The third kappa shape index (κ3) is 6.73. The fraction of sp³-hybridized carbons (Fsp3) is 0.400. The van der Waals surface area contributed by atoms with E-state index >= 15 is 0 Å². The van der Waals surface area contributed by atoms with Gasteiger partial charge in [0, 0.05) is 41.8 Å². The predicted octanol–water partition coefficient (Wildman–Crippen LogP) is 7.07. The summed E-state index contributed by atoms with van der Waals surface area (Å²) in [5.41, 5.74) is 8.95. The Morgan fingerprint density at radius 1 is 1.10 bits per heavy atom. The number of hydrogen-bond donors (Lipinski definition) is 1. The number of halogens is 1. The molecule has 0 fully saturated rings. The fourth-order valence-corrected chi connectivity index (χ4v) is 3.43. The molecule has 0 saturated carbocycles. The lowest BCUT2D eigenvalue weighted by Gasteiger charge is -2.21. The molecule has 0 atom stereocenters. The summed E-state index contributed by atoms with van der Waals surface area (Å²) in [5, 5.41) is 2.99. The Kier molecular flexibility index (Phi) is 9.43. The second-order valence-electron chi connectivity index (χ2n) is 7.53. The van der Waals surface area contributed by atoms with Gasteiger partial charge in [0.15, 0.2) is 0 Å². The molecule has 0 aliphatic heterocycles. The highest BCUT2D eigenvalue weighted by Gasteiger charge is 2.10. The number of aromatic nitrogens is 1. The van der Waals surface area contributed by atoms with E-state index in [4.69, 9.17) is 11.6 Å². The molecule has 0 aliphatic carbocycles. The van der Waals surface area contributed by atoms with Crippen LogP contribution in [0.4, 0.5) is 0 Å². The Balaban J connectivity index is 2.41. The number of hydrazine groups is 1. The van der Waals surface area contributed by atoms with Crippen molar-refractivity contribution in [2.45, 2.75) is 53.4 Å². The first-order valence-corrected chi connectivity index (χ1v) is 11.0. The maximum Gasteiger partial charge on any atom is 0.0485 e. The second-order valence-corrected chi connectivity index (χ2v) is 7.94. The van der Waals surface area contributed by atoms with Crippen LogP contribution in [-0.2, 0) is 0 Å². The van der Waals surface area contributed by atoms with Crippen molar-refractivity contribution in [2.75, 3.05) is 13.1 Å². The van der Waals surface area contributed by atoms with Gasteiger partial charge in [0.2, 0.25) is 0 Å². The number of allylic oxidation sites excluding steroid dienone is 3. The van der Waals surface area contributed by atoms with Crippen LogP contribution in [0, 0.1) is 0 Å². The summed E-state index contributed by atoms with van der Waals surface area (Å²) in [6.07, 6.45) is 10.3. The number of nitrogens with zero attached hydrogens (tertiary/aromatic N) is 2. The molecule has 0 unspecified atom stereocenters. The molecule has 1 aromatic carbocycles. The third-order valence-corrected chi connectivity index (χ3v) is 5.05. The molecule has 0 spiro atoms. The van der Waals surface area contributed by atoms with Crippen LogP contribution in [0.25, 0.3) is 16.7 Å². The Bertz CT molecular complexity index is 834. The van der Waals surface area contributed by atoms with Crippen molar-refractivity contribution in [1.82, 2.24) is 15.4 Å². The minimum absolute atomic E-state index is 0.396. The molecule has 2 aromatic rings. The van der Waals surface area contributed by atoms with Crippen molar-refractivity contribution in [3.63, 3.8) is 0 Å². The van der Waals surface area contributed by atoms with Gasteiger partial charge in [-0.05, 0) is 66.6 Å². The molecule has 0 radical (unpaired) electrons. The molecular formula is C25H34ClN3. The lowest BCUT2D eigenvalue weighted by atomic mass is 9.98. The average Bonchev–Trinajstić information content (AvgIpc) is 2.72. The van der Waals surface area contributed by atoms with Crippen molar-refractivity contribution >= 4 is 17.2 Å². The zero-order chi connectivity index (χ0) is 21.2. The van der Waals surface area contributed by atoms with E-state index in [1.165, 1.54) is 0 Å². The van der Waals surface area contributed by atoms with Crippen LogP contribution in [0.2, 0.25) is 5.02 Å². The second kappa shape index (κ2) is 11.8. The van der Waals surface area contributed by atoms with Crippen LogP contribution < -0.4 is 5.43 Å². The lowest BCUT2D eigenvalue weighted by molar-refractivity contribution is 0.222. The molecule has 156 valence electrons. The van der Waals surface area contributed by atoms with Gasteiger partial charge in [-0.25, -0.2) is 5.01 Å². The summed E-state index contributed by atoms with van der Waals surface area (Å²) < 4.78 is 0. The first-order chi connectivity index (χ1) is 14.0. The lowest BCUT2D eigenvalue weighted by Crippen LogP contribution is -2.35. The predicted molar refractivity (Wildman–Crippen MR) is 127 cm³/mol. The van der Waals surface area contributed by atoms with Crippen molar-refractivity contribution in [2.24, 2.45) is 0 Å². The highest BCUT2D eigenvalue weighted by molar-refractivity contribution is 6.32. The van der Waals surface area contributed by atoms with Gasteiger partial charge in [-0.2, -0.15) is 0 Å². The van der Waals surface area contributed by atoms with E-state index in [0.717, 1.165) is 58.9 Å². The molecule has 1 N–H and O–H groups in total. The number of nitrogens with one attached hydrogen (secondary N) is 1. The maximum atomic E-state index is 6.61. The van der Waals surface area contributed by atoms with Gasteiger partial charge < -0.3 is 5.43 Å². The third-order valence-electron chi connectivity index (χ3n) is 4.72. The first kappa shape index (κ1) is 23.2. The normalized spacial score (nSPS) is 12.3. The fourth-order valence-electron chi connectivity index (χ4n) is 3.21. The van der Waals surface area contributed by atoms with Gasteiger partial charge in [0.25, 0.3) is 0 Å². The minimum Gasteiger partial charge on any atom is -0.326 e. The molecule has 0 amide bonds. The highest BCUT2D eigenvalue weighted by atomic mass is 35.5. The number of pyridine rings is 1. The molecule has 1 heterocycles. The van der Waals surface area contributed by atoms with Crippen LogP contribution >= 0.6 is 11.6 Å². The quantitative estimate of drug-likeness (QED) is 0.334. The van der Waals surface area contributed by atoms with Gasteiger partial charge in [-0.15, -0.1) is 0 Å². The molecule has 3 nitrogen and oxygen atoms in total. The molecule has 0 aliphatic rings. The van der Waals surface area contributed by atoms with Gasteiger partial charge >= 0.3 is 0 Å². The van der Waals surface area contributed by atoms with Gasteiger partial charge in [0.1, 0.15) is 0 Å². The van der Waals surface area contributed by atoms with Crippen molar-refractivity contribution in [3.8, 4) is 11.1 Å². The summed E-state index contributed by atoms with van der Waals surface area (Å²) in [5.74, 6) is 0.396. The Hall–Kier alpha value is -2.10. The van der Waals surface area contributed by atoms with E-state index in [0.29, 0.717) is 5.92 Å². The van der Waals surface area contributed by atoms with E-state index in [1.54, 1.807) is 0 Å². The maximum absolute atomic E-state index is 6.61. The molecule has 2 rings (SSSR count). The largest absolute Gasteiger partial charge is 0.326 e. The molecule has 29 heavy (non-hydrogen) atoms. The van der Waals surface area contributed by atoms with E-state index < -0.39 is 0 Å². The zero-order valence-electron chi connectivity index (χ0n) is 18.4. The van der Waals surface area contributed by atoms with Gasteiger partial charge in [-0.1, -0.05) is 57.5 Å². The van der Waals surface area contributed by atoms with Gasteiger partial charge in [-0.3, -0.25) is 4.98 Å². The topological polar surface area (TPSA) is 28.2 Å². The van der Waals surface area contributed by atoms with E-state index in [2.05, 4.69) is 79.7 Å². The summed E-state index contributed by atoms with van der Waals surface area (Å²) in [7, 11) is 0. The standard InChI is InChI=1S/C25H34ClN3/c1-6-9-22(18-28-29(14-7-2)15-8-3)23-16-20(10-11-24(23)26)21-12-13-27-25(17-21)19(4)5/h6,9-13,16-19,28H,7-8,14-15H2,1-5H3/b9-6-,22-18+. The number of hydrogen-bond acceptors (Lipinski definition) is 3. The van der Waals surface area contributed by atoms with Crippen molar-refractivity contribution in [3.05, 3.63) is 71.2 Å². The van der Waals surface area contributed by atoms with Crippen molar-refractivity contribution < 1.29 is 0 Å². The van der Waals surface area contributed by atoms with Crippen molar-refractivity contribution in [1.29, 1.82) is 0 Å². The number of rotatable bonds is 10. The van der Waals surface area contributed by atoms with E-state index in [9.17, 15) is 0 Å². The Morgan fingerprint density at radius 3 is 2.41 bits per heavy atom. The molecule has 1 aromatic heterocycles. The van der Waals surface area contributed by atoms with Crippen LogP contribution in [0.3, 0.4) is 0 Å². The summed E-state index contributed by atoms with van der Waals surface area (Å²) in [6.45, 7) is 12.8. The average molecular weight is 412 g/mol. The van der Waals surface area contributed by atoms with Gasteiger partial charge in [0.05, 0.1) is 0 Å². The highest BCUT2D eigenvalue weighted by Crippen LogP contribution is 2.31. The molecule has 0 bridgehead atoms. The smallest absolute Gasteiger partial charge is 0.0485 e. The molecular weight excluding hydrogens is 378 g/mol. The first-order valence-electron chi connectivity index (χ1n) is 10.6. The minimum atomic E-state index is 0.396. The molecule has 4 heteroatoms.